The number of imidazole rings is 1. The van der Waals surface area contributed by atoms with E-state index < -0.39 is 18.0 Å². The Morgan fingerprint density at radius 3 is 2.62 bits per heavy atom. The number of carbonyl (C=O) groups is 1. The fourth-order valence-corrected chi connectivity index (χ4v) is 2.23. The number of alkyl halides is 3. The number of halogens is 3. The zero-order valence-corrected chi connectivity index (χ0v) is 11.4. The van der Waals surface area contributed by atoms with Gasteiger partial charge in [0.25, 0.3) is 0 Å². The van der Waals surface area contributed by atoms with E-state index in [0.29, 0.717) is 11.9 Å². The topological polar surface area (TPSA) is 55.1 Å². The Balaban J connectivity index is 2.53. The van der Waals surface area contributed by atoms with Gasteiger partial charge in [0.2, 0.25) is 5.82 Å². The average molecular weight is 300 g/mol. The zero-order valence-electron chi connectivity index (χ0n) is 11.4. The van der Waals surface area contributed by atoms with E-state index in [-0.39, 0.29) is 17.6 Å². The van der Waals surface area contributed by atoms with Crippen molar-refractivity contribution in [1.82, 2.24) is 9.55 Å². The SMILES string of the molecule is CCCCCn1c(C(F)(F)F)nc2cc(C(=O)O)ccc21. The van der Waals surface area contributed by atoms with E-state index in [4.69, 9.17) is 5.11 Å². The number of nitrogens with zero attached hydrogens (tertiary/aromatic N) is 2. The first-order valence-electron chi connectivity index (χ1n) is 6.65. The molecular weight excluding hydrogens is 285 g/mol. The van der Waals surface area contributed by atoms with E-state index in [2.05, 4.69) is 4.98 Å². The highest BCUT2D eigenvalue weighted by Gasteiger charge is 2.37. The van der Waals surface area contributed by atoms with Gasteiger partial charge >= 0.3 is 12.1 Å². The van der Waals surface area contributed by atoms with E-state index in [1.54, 1.807) is 0 Å². The van der Waals surface area contributed by atoms with Gasteiger partial charge in [0, 0.05) is 6.54 Å². The van der Waals surface area contributed by atoms with Crippen LogP contribution in [0.3, 0.4) is 0 Å². The lowest BCUT2D eigenvalue weighted by Gasteiger charge is -2.11. The van der Waals surface area contributed by atoms with Crippen LogP contribution in [0.5, 0.6) is 0 Å². The molecule has 0 saturated heterocycles. The number of aromatic carboxylic acids is 1. The molecule has 0 spiro atoms. The maximum absolute atomic E-state index is 13.1. The molecule has 1 aromatic heterocycles. The van der Waals surface area contributed by atoms with Crippen molar-refractivity contribution in [3.8, 4) is 0 Å². The van der Waals surface area contributed by atoms with E-state index in [9.17, 15) is 18.0 Å². The number of benzene rings is 1. The van der Waals surface area contributed by atoms with Crippen molar-refractivity contribution in [1.29, 1.82) is 0 Å². The van der Waals surface area contributed by atoms with Gasteiger partial charge in [0.15, 0.2) is 0 Å². The number of hydrogen-bond donors (Lipinski definition) is 1. The predicted molar refractivity (Wildman–Crippen MR) is 71.2 cm³/mol. The monoisotopic (exact) mass is 300 g/mol. The van der Waals surface area contributed by atoms with Crippen LogP contribution in [0, 0.1) is 0 Å². The molecule has 1 N–H and O–H groups in total. The molecule has 0 aliphatic rings. The van der Waals surface area contributed by atoms with E-state index in [1.807, 2.05) is 6.92 Å². The molecule has 0 fully saturated rings. The molecule has 1 aromatic carbocycles. The summed E-state index contributed by atoms with van der Waals surface area (Å²) in [5.74, 6) is -2.16. The molecule has 0 aliphatic heterocycles. The third-order valence-corrected chi connectivity index (χ3v) is 3.23. The summed E-state index contributed by atoms with van der Waals surface area (Å²) in [5, 5.41) is 8.90. The summed E-state index contributed by atoms with van der Waals surface area (Å²) >= 11 is 0. The number of carboxylic acid groups (broad SMARTS) is 1. The molecule has 21 heavy (non-hydrogen) atoms. The molecule has 0 amide bonds. The first-order valence-corrected chi connectivity index (χ1v) is 6.65. The van der Waals surface area contributed by atoms with E-state index in [1.165, 1.54) is 18.2 Å². The molecule has 0 aliphatic carbocycles. The highest BCUT2D eigenvalue weighted by Crippen LogP contribution is 2.32. The van der Waals surface area contributed by atoms with Gasteiger partial charge in [0.05, 0.1) is 16.6 Å². The minimum Gasteiger partial charge on any atom is -0.478 e. The fourth-order valence-electron chi connectivity index (χ4n) is 2.23. The largest absolute Gasteiger partial charge is 0.478 e. The first kappa shape index (κ1) is 15.3. The van der Waals surface area contributed by atoms with Gasteiger partial charge in [-0.2, -0.15) is 13.2 Å². The summed E-state index contributed by atoms with van der Waals surface area (Å²) in [7, 11) is 0. The Kier molecular flexibility index (Phi) is 4.20. The van der Waals surface area contributed by atoms with Crippen LogP contribution in [-0.4, -0.2) is 20.6 Å². The second kappa shape index (κ2) is 5.75. The Morgan fingerprint density at radius 2 is 2.05 bits per heavy atom. The third kappa shape index (κ3) is 3.17. The highest BCUT2D eigenvalue weighted by molar-refractivity contribution is 5.92. The molecule has 0 saturated carbocycles. The van der Waals surface area contributed by atoms with Crippen molar-refractivity contribution in [3.63, 3.8) is 0 Å². The van der Waals surface area contributed by atoms with Gasteiger partial charge in [-0.3, -0.25) is 0 Å². The smallest absolute Gasteiger partial charge is 0.449 e. The number of aromatic nitrogens is 2. The number of aryl methyl sites for hydroxylation is 1. The lowest BCUT2D eigenvalue weighted by Crippen LogP contribution is -2.15. The molecule has 2 rings (SSSR count). The molecule has 0 radical (unpaired) electrons. The van der Waals surface area contributed by atoms with Gasteiger partial charge in [-0.1, -0.05) is 19.8 Å². The van der Waals surface area contributed by atoms with E-state index >= 15 is 0 Å². The molecule has 0 unspecified atom stereocenters. The summed E-state index contributed by atoms with van der Waals surface area (Å²) in [6.07, 6.45) is -2.22. The summed E-state index contributed by atoms with van der Waals surface area (Å²) < 4.78 is 40.3. The zero-order chi connectivity index (χ0) is 15.6. The Morgan fingerprint density at radius 1 is 1.33 bits per heavy atom. The maximum Gasteiger partial charge on any atom is 0.449 e. The first-order chi connectivity index (χ1) is 9.84. The molecular formula is C14H15F3N2O2. The third-order valence-electron chi connectivity index (χ3n) is 3.23. The van der Waals surface area contributed by atoms with Crippen LogP contribution in [0.2, 0.25) is 0 Å². The summed E-state index contributed by atoms with van der Waals surface area (Å²) in [5.41, 5.74) is 0.289. The Hall–Kier alpha value is -2.05. The van der Waals surface area contributed by atoms with Crippen LogP contribution in [0.4, 0.5) is 13.2 Å². The fraction of sp³-hybridized carbons (Fsp3) is 0.429. The van der Waals surface area contributed by atoms with Crippen LogP contribution in [-0.2, 0) is 12.7 Å². The number of hydrogen-bond acceptors (Lipinski definition) is 2. The highest BCUT2D eigenvalue weighted by atomic mass is 19.4. The van der Waals surface area contributed by atoms with Crippen molar-refractivity contribution in [2.24, 2.45) is 0 Å². The summed E-state index contributed by atoms with van der Waals surface area (Å²) in [6.45, 7) is 2.18. The van der Waals surface area contributed by atoms with Crippen LogP contribution in [0.25, 0.3) is 11.0 Å². The number of unbranched alkanes of at least 4 members (excludes halogenated alkanes) is 2. The van der Waals surface area contributed by atoms with Gasteiger partial charge in [-0.25, -0.2) is 9.78 Å². The van der Waals surface area contributed by atoms with E-state index in [0.717, 1.165) is 17.4 Å². The minimum atomic E-state index is -4.56. The normalized spacial score (nSPS) is 12.0. The average Bonchev–Trinajstić information content (AvgIpc) is 2.77. The second-order valence-corrected chi connectivity index (χ2v) is 4.80. The number of fused-ring (bicyclic) bond motifs is 1. The molecule has 2 aromatic rings. The van der Waals surface area contributed by atoms with Crippen molar-refractivity contribution in [2.75, 3.05) is 0 Å². The Labute approximate surface area is 119 Å². The van der Waals surface area contributed by atoms with Gasteiger partial charge < -0.3 is 9.67 Å². The molecule has 1 heterocycles. The molecule has 4 nitrogen and oxygen atoms in total. The lowest BCUT2D eigenvalue weighted by atomic mass is 10.2. The van der Waals surface area contributed by atoms with Crippen molar-refractivity contribution >= 4 is 17.0 Å². The molecule has 0 atom stereocenters. The van der Waals surface area contributed by atoms with Crippen molar-refractivity contribution in [2.45, 2.75) is 38.9 Å². The van der Waals surface area contributed by atoms with Crippen molar-refractivity contribution < 1.29 is 23.1 Å². The molecule has 7 heteroatoms. The maximum atomic E-state index is 13.1. The van der Waals surface area contributed by atoms with Crippen LogP contribution in [0.1, 0.15) is 42.4 Å². The lowest BCUT2D eigenvalue weighted by molar-refractivity contribution is -0.147. The van der Waals surface area contributed by atoms with Crippen LogP contribution < -0.4 is 0 Å². The van der Waals surface area contributed by atoms with Gasteiger partial charge in [-0.05, 0) is 24.6 Å². The summed E-state index contributed by atoms with van der Waals surface area (Å²) in [6, 6.07) is 3.85. The summed E-state index contributed by atoms with van der Waals surface area (Å²) in [4.78, 5) is 14.5. The van der Waals surface area contributed by atoms with Crippen LogP contribution >= 0.6 is 0 Å². The minimum absolute atomic E-state index is 0.0544. The standard InChI is InChI=1S/C14H15F3N2O2/c1-2-3-4-7-19-11-6-5-9(12(20)21)8-10(11)18-13(19)14(15,16)17/h5-6,8H,2-4,7H2,1H3,(H,20,21). The van der Waals surface area contributed by atoms with Gasteiger partial charge in [-0.15, -0.1) is 0 Å². The predicted octanol–water partition coefficient (Wildman–Crippen LogP) is 3.94. The molecule has 0 bridgehead atoms. The number of rotatable bonds is 5. The van der Waals surface area contributed by atoms with Crippen molar-refractivity contribution in [3.05, 3.63) is 29.6 Å². The van der Waals surface area contributed by atoms with Crippen LogP contribution in [0.15, 0.2) is 18.2 Å². The second-order valence-electron chi connectivity index (χ2n) is 4.80. The molecule has 114 valence electrons. The van der Waals surface area contributed by atoms with Gasteiger partial charge in [0.1, 0.15) is 0 Å². The quantitative estimate of drug-likeness (QED) is 0.851. The Bertz CT molecular complexity index is 662. The number of carboxylic acids is 1.